The summed E-state index contributed by atoms with van der Waals surface area (Å²) in [5.74, 6) is -0.120. The van der Waals surface area contributed by atoms with E-state index in [2.05, 4.69) is 24.7 Å². The summed E-state index contributed by atoms with van der Waals surface area (Å²) in [5.41, 5.74) is 5.15. The molecule has 0 unspecified atom stereocenters. The Morgan fingerprint density at radius 1 is 0.353 bits per heavy atom. The third kappa shape index (κ3) is 27.2. The Kier molecular flexibility index (Phi) is 27.3. The van der Waals surface area contributed by atoms with E-state index < -0.39 is 0 Å². The fourth-order valence-electron chi connectivity index (χ4n) is 4.52. The van der Waals surface area contributed by atoms with Gasteiger partial charge in [-0.05, 0) is 12.8 Å². The van der Waals surface area contributed by atoms with Gasteiger partial charge in [-0.2, -0.15) is 0 Å². The van der Waals surface area contributed by atoms with E-state index in [1.807, 2.05) is 0 Å². The number of nitrogens with one attached hydrogen (secondary N) is 2. The molecule has 0 spiro atoms. The highest BCUT2D eigenvalue weighted by Gasteiger charge is 2.05. The number of carbonyl (C=O) groups is 2. The average Bonchev–Trinajstić information content (AvgIpc) is 2.84. The zero-order valence-corrected chi connectivity index (χ0v) is 23.2. The van der Waals surface area contributed by atoms with Crippen LogP contribution < -0.4 is 10.9 Å². The van der Waals surface area contributed by atoms with Crippen molar-refractivity contribution in [1.82, 2.24) is 10.9 Å². The lowest BCUT2D eigenvalue weighted by molar-refractivity contribution is -0.129. The van der Waals surface area contributed by atoms with Crippen LogP contribution in [0.2, 0.25) is 0 Å². The van der Waals surface area contributed by atoms with Crippen LogP contribution in [0.3, 0.4) is 0 Å². The van der Waals surface area contributed by atoms with Crippen LogP contribution in [-0.4, -0.2) is 11.8 Å². The van der Waals surface area contributed by atoms with E-state index >= 15 is 0 Å². The van der Waals surface area contributed by atoms with Gasteiger partial charge in [0.15, 0.2) is 0 Å². The maximum atomic E-state index is 11.9. The van der Waals surface area contributed by atoms with Gasteiger partial charge in [0.05, 0.1) is 0 Å². The molecule has 0 heterocycles. The minimum atomic E-state index is -0.0601. The van der Waals surface area contributed by atoms with Crippen LogP contribution in [0.5, 0.6) is 0 Å². The van der Waals surface area contributed by atoms with E-state index in [1.165, 1.54) is 128 Å². The zero-order chi connectivity index (χ0) is 25.0. The van der Waals surface area contributed by atoms with Gasteiger partial charge >= 0.3 is 0 Å². The van der Waals surface area contributed by atoms with E-state index in [-0.39, 0.29) is 11.8 Å². The monoisotopic (exact) mass is 480 g/mol. The molecular weight excluding hydrogens is 420 g/mol. The molecule has 2 N–H and O–H groups in total. The molecule has 0 aliphatic heterocycles. The Hall–Kier alpha value is -1.06. The Bertz CT molecular complexity index is 400. The molecule has 0 atom stereocenters. The van der Waals surface area contributed by atoms with Crippen LogP contribution in [0.4, 0.5) is 0 Å². The van der Waals surface area contributed by atoms with Gasteiger partial charge in [-0.3, -0.25) is 20.4 Å². The van der Waals surface area contributed by atoms with Crippen molar-refractivity contribution >= 4 is 11.8 Å². The Morgan fingerprint density at radius 2 is 0.559 bits per heavy atom. The predicted molar refractivity (Wildman–Crippen MR) is 148 cm³/mol. The van der Waals surface area contributed by atoms with Crippen LogP contribution in [0.1, 0.15) is 181 Å². The molecule has 0 fully saturated rings. The lowest BCUT2D eigenvalue weighted by atomic mass is 10.0. The molecule has 2 amide bonds. The summed E-state index contributed by atoms with van der Waals surface area (Å²) in [6.07, 6.45) is 32.0. The van der Waals surface area contributed by atoms with Gasteiger partial charge in [0.2, 0.25) is 11.8 Å². The summed E-state index contributed by atoms with van der Waals surface area (Å²) in [7, 11) is 0. The standard InChI is InChI=1S/C30H60N2O2/c1-3-5-7-9-11-13-15-17-19-21-23-25-27-29(33)31-32-30(34)28-26-24-22-20-18-16-14-12-10-8-6-4-2/h3-28H2,1-2H3,(H,31,33)(H,32,34). The summed E-state index contributed by atoms with van der Waals surface area (Å²) < 4.78 is 0. The number of unbranched alkanes of at least 4 members (excludes halogenated alkanes) is 22. The highest BCUT2D eigenvalue weighted by Crippen LogP contribution is 2.13. The molecule has 4 heteroatoms. The molecule has 4 nitrogen and oxygen atoms in total. The summed E-state index contributed by atoms with van der Waals surface area (Å²) >= 11 is 0. The van der Waals surface area contributed by atoms with Crippen LogP contribution in [0.25, 0.3) is 0 Å². The third-order valence-corrected chi connectivity index (χ3v) is 6.86. The van der Waals surface area contributed by atoms with Gasteiger partial charge in [0, 0.05) is 12.8 Å². The van der Waals surface area contributed by atoms with Gasteiger partial charge in [0.1, 0.15) is 0 Å². The second kappa shape index (κ2) is 28.2. The topological polar surface area (TPSA) is 58.2 Å². The predicted octanol–water partition coefficient (Wildman–Crippen LogP) is 9.32. The first-order valence-electron chi connectivity index (χ1n) is 15.3. The highest BCUT2D eigenvalue weighted by molar-refractivity contribution is 5.81. The molecule has 0 aliphatic rings. The highest BCUT2D eigenvalue weighted by atomic mass is 16.2. The normalized spacial score (nSPS) is 11.0. The molecule has 0 rings (SSSR count). The minimum absolute atomic E-state index is 0.0601. The molecule has 0 aromatic carbocycles. The maximum Gasteiger partial charge on any atom is 0.238 e. The first-order valence-corrected chi connectivity index (χ1v) is 15.3. The molecule has 0 saturated heterocycles. The first-order chi connectivity index (χ1) is 16.7. The molecule has 202 valence electrons. The molecule has 0 aromatic heterocycles. The number of hydrogen-bond acceptors (Lipinski definition) is 2. The molecule has 0 aliphatic carbocycles. The smallest absolute Gasteiger partial charge is 0.238 e. The minimum Gasteiger partial charge on any atom is -0.273 e. The summed E-state index contributed by atoms with van der Waals surface area (Å²) in [5, 5.41) is 0. The van der Waals surface area contributed by atoms with Crippen molar-refractivity contribution < 1.29 is 9.59 Å². The fraction of sp³-hybridized carbons (Fsp3) is 0.933. The van der Waals surface area contributed by atoms with Crippen molar-refractivity contribution in [3.8, 4) is 0 Å². The van der Waals surface area contributed by atoms with E-state index in [0.717, 1.165) is 25.7 Å². The molecule has 0 bridgehead atoms. The van der Waals surface area contributed by atoms with Crippen LogP contribution >= 0.6 is 0 Å². The third-order valence-electron chi connectivity index (χ3n) is 6.86. The van der Waals surface area contributed by atoms with Gasteiger partial charge in [-0.15, -0.1) is 0 Å². The van der Waals surface area contributed by atoms with Crippen molar-refractivity contribution in [3.63, 3.8) is 0 Å². The van der Waals surface area contributed by atoms with Gasteiger partial charge in [-0.25, -0.2) is 0 Å². The molecule has 0 radical (unpaired) electrons. The van der Waals surface area contributed by atoms with Gasteiger partial charge in [0.25, 0.3) is 0 Å². The lowest BCUT2D eigenvalue weighted by Gasteiger charge is -2.07. The van der Waals surface area contributed by atoms with Crippen molar-refractivity contribution in [2.45, 2.75) is 181 Å². The number of hydrazine groups is 1. The SMILES string of the molecule is CCCCCCCCCCCCCCC(=O)NNC(=O)CCCCCCCCCCCCCC. The summed E-state index contributed by atoms with van der Waals surface area (Å²) in [6, 6.07) is 0. The van der Waals surface area contributed by atoms with Crippen molar-refractivity contribution in [2.24, 2.45) is 0 Å². The van der Waals surface area contributed by atoms with Crippen LogP contribution in [0, 0.1) is 0 Å². The van der Waals surface area contributed by atoms with Crippen LogP contribution in [0.15, 0.2) is 0 Å². The van der Waals surface area contributed by atoms with Crippen LogP contribution in [-0.2, 0) is 9.59 Å². The maximum absolute atomic E-state index is 11.9. The first kappa shape index (κ1) is 32.9. The zero-order valence-electron chi connectivity index (χ0n) is 23.2. The molecule has 0 aromatic rings. The van der Waals surface area contributed by atoms with Crippen molar-refractivity contribution in [3.05, 3.63) is 0 Å². The number of amides is 2. The largest absolute Gasteiger partial charge is 0.273 e. The molecule has 0 saturated carbocycles. The van der Waals surface area contributed by atoms with Crippen molar-refractivity contribution in [1.29, 1.82) is 0 Å². The summed E-state index contributed by atoms with van der Waals surface area (Å²) in [6.45, 7) is 4.53. The average molecular weight is 481 g/mol. The Balaban J connectivity index is 3.29. The number of rotatable bonds is 26. The Labute approximate surface area is 213 Å². The molecular formula is C30H60N2O2. The van der Waals surface area contributed by atoms with Gasteiger partial charge < -0.3 is 0 Å². The van der Waals surface area contributed by atoms with E-state index in [9.17, 15) is 9.59 Å². The van der Waals surface area contributed by atoms with E-state index in [0.29, 0.717) is 12.8 Å². The Morgan fingerprint density at radius 3 is 0.794 bits per heavy atom. The lowest BCUT2D eigenvalue weighted by Crippen LogP contribution is -2.41. The second-order valence-corrected chi connectivity index (χ2v) is 10.4. The van der Waals surface area contributed by atoms with Gasteiger partial charge in [-0.1, -0.05) is 155 Å². The van der Waals surface area contributed by atoms with E-state index in [1.54, 1.807) is 0 Å². The quantitative estimate of drug-likeness (QED) is 0.0956. The number of carbonyl (C=O) groups excluding carboxylic acids is 2. The second-order valence-electron chi connectivity index (χ2n) is 10.4. The fourth-order valence-corrected chi connectivity index (χ4v) is 4.52. The summed E-state index contributed by atoms with van der Waals surface area (Å²) in [4.78, 5) is 23.8. The molecule has 34 heavy (non-hydrogen) atoms. The van der Waals surface area contributed by atoms with E-state index in [4.69, 9.17) is 0 Å². The number of hydrogen-bond donors (Lipinski definition) is 2. The van der Waals surface area contributed by atoms with Crippen molar-refractivity contribution in [2.75, 3.05) is 0 Å².